The molecule has 3 N–H and O–H groups in total. The van der Waals surface area contributed by atoms with E-state index in [9.17, 15) is 15.2 Å². The van der Waals surface area contributed by atoms with Gasteiger partial charge in [-0.05, 0) is 36.5 Å². The van der Waals surface area contributed by atoms with Gasteiger partial charge in [0, 0.05) is 6.08 Å². The van der Waals surface area contributed by atoms with Crippen molar-refractivity contribution in [2.75, 3.05) is 0 Å². The molecule has 1 aromatic carbocycles. The predicted molar refractivity (Wildman–Crippen MR) is 84.3 cm³/mol. The van der Waals surface area contributed by atoms with E-state index in [-0.39, 0.29) is 0 Å². The number of nitrogens with two attached hydrogens (primary N) is 1. The van der Waals surface area contributed by atoms with Gasteiger partial charge in [-0.2, -0.15) is 5.26 Å². The SMILES string of the molecule is CCC(=C/C(N)=O)/C=C/[C@@](O)(c1ccccc1)C1(C#N)CC1. The van der Waals surface area contributed by atoms with Crippen LogP contribution in [-0.4, -0.2) is 11.0 Å². The lowest BCUT2D eigenvalue weighted by molar-refractivity contribution is -0.113. The van der Waals surface area contributed by atoms with E-state index >= 15 is 0 Å². The van der Waals surface area contributed by atoms with E-state index < -0.39 is 16.9 Å². The maximum absolute atomic E-state index is 11.2. The molecule has 1 amide bonds. The fraction of sp³-hybridized carbons (Fsp3) is 0.333. The molecule has 22 heavy (non-hydrogen) atoms. The number of nitrogens with zero attached hydrogens (tertiary/aromatic N) is 1. The van der Waals surface area contributed by atoms with Gasteiger partial charge < -0.3 is 10.8 Å². The zero-order valence-electron chi connectivity index (χ0n) is 12.6. The van der Waals surface area contributed by atoms with Gasteiger partial charge >= 0.3 is 0 Å². The van der Waals surface area contributed by atoms with Gasteiger partial charge in [-0.3, -0.25) is 4.79 Å². The maximum Gasteiger partial charge on any atom is 0.241 e. The van der Waals surface area contributed by atoms with Crippen LogP contribution in [0.3, 0.4) is 0 Å². The minimum absolute atomic E-state index is 0.522. The first-order chi connectivity index (χ1) is 10.5. The van der Waals surface area contributed by atoms with E-state index in [1.165, 1.54) is 6.08 Å². The Kier molecular flexibility index (Phi) is 4.48. The Balaban J connectivity index is 2.44. The molecule has 0 heterocycles. The monoisotopic (exact) mass is 296 g/mol. The molecular formula is C18H20N2O2. The van der Waals surface area contributed by atoms with Crippen molar-refractivity contribution >= 4 is 5.91 Å². The second-order valence-electron chi connectivity index (χ2n) is 5.63. The quantitative estimate of drug-likeness (QED) is 0.624. The number of hydrogen-bond acceptors (Lipinski definition) is 3. The molecule has 114 valence electrons. The minimum atomic E-state index is -1.37. The van der Waals surface area contributed by atoms with Crippen molar-refractivity contribution in [3.63, 3.8) is 0 Å². The fourth-order valence-electron chi connectivity index (χ4n) is 2.61. The molecule has 0 aromatic heterocycles. The number of benzene rings is 1. The summed E-state index contributed by atoms with van der Waals surface area (Å²) in [6.45, 7) is 1.90. The number of amides is 1. The molecule has 1 aliphatic carbocycles. The van der Waals surface area contributed by atoms with Gasteiger partial charge in [0.05, 0.1) is 11.5 Å². The van der Waals surface area contributed by atoms with Crippen LogP contribution in [0.15, 0.2) is 54.1 Å². The third kappa shape index (κ3) is 2.95. The van der Waals surface area contributed by atoms with Gasteiger partial charge in [0.2, 0.25) is 5.91 Å². The highest BCUT2D eigenvalue weighted by Crippen LogP contribution is 2.58. The summed E-state index contributed by atoms with van der Waals surface area (Å²) in [6.07, 6.45) is 6.57. The molecule has 2 rings (SSSR count). The van der Waals surface area contributed by atoms with E-state index in [4.69, 9.17) is 5.73 Å². The zero-order valence-corrected chi connectivity index (χ0v) is 12.6. The van der Waals surface area contributed by atoms with Crippen molar-refractivity contribution in [1.29, 1.82) is 5.26 Å². The first kappa shape index (κ1) is 16.0. The lowest BCUT2D eigenvalue weighted by Crippen LogP contribution is -2.34. The number of allylic oxidation sites excluding steroid dienone is 2. The van der Waals surface area contributed by atoms with E-state index in [2.05, 4.69) is 6.07 Å². The van der Waals surface area contributed by atoms with Gasteiger partial charge in [-0.15, -0.1) is 0 Å². The molecule has 1 saturated carbocycles. The second kappa shape index (κ2) is 6.17. The highest BCUT2D eigenvalue weighted by atomic mass is 16.3. The van der Waals surface area contributed by atoms with E-state index in [0.717, 1.165) is 5.57 Å². The predicted octanol–water partition coefficient (Wildman–Crippen LogP) is 2.56. The molecule has 0 saturated heterocycles. The summed E-state index contributed by atoms with van der Waals surface area (Å²) in [5.41, 5.74) is 4.42. The van der Waals surface area contributed by atoms with Crippen molar-refractivity contribution < 1.29 is 9.90 Å². The van der Waals surface area contributed by atoms with Crippen LogP contribution in [-0.2, 0) is 10.4 Å². The van der Waals surface area contributed by atoms with Crippen LogP contribution in [0, 0.1) is 16.7 Å². The molecule has 4 nitrogen and oxygen atoms in total. The van der Waals surface area contributed by atoms with E-state index in [0.29, 0.717) is 24.8 Å². The van der Waals surface area contributed by atoms with Crippen LogP contribution in [0.25, 0.3) is 0 Å². The Hall–Kier alpha value is -2.38. The van der Waals surface area contributed by atoms with Crippen LogP contribution in [0.5, 0.6) is 0 Å². The Morgan fingerprint density at radius 3 is 2.55 bits per heavy atom. The lowest BCUT2D eigenvalue weighted by Gasteiger charge is -2.30. The van der Waals surface area contributed by atoms with Crippen LogP contribution >= 0.6 is 0 Å². The molecule has 0 radical (unpaired) electrons. The molecule has 0 spiro atoms. The largest absolute Gasteiger partial charge is 0.379 e. The topological polar surface area (TPSA) is 87.1 Å². The minimum Gasteiger partial charge on any atom is -0.379 e. The molecule has 1 atom stereocenters. The van der Waals surface area contributed by atoms with Crippen molar-refractivity contribution in [1.82, 2.24) is 0 Å². The standard InChI is InChI=1S/C18H20N2O2/c1-2-14(12-16(20)21)8-9-18(22,17(13-19)10-11-17)15-6-4-3-5-7-15/h3-9,12,22H,2,10-11H2,1H3,(H2,20,21)/b9-8+,14-12-/t18-/m1/s1. The number of nitriles is 1. The Morgan fingerprint density at radius 2 is 2.09 bits per heavy atom. The van der Waals surface area contributed by atoms with Crippen LogP contribution in [0.2, 0.25) is 0 Å². The van der Waals surface area contributed by atoms with Crippen molar-refractivity contribution in [2.45, 2.75) is 31.8 Å². The van der Waals surface area contributed by atoms with Crippen molar-refractivity contribution in [2.24, 2.45) is 11.1 Å². The van der Waals surface area contributed by atoms with Gasteiger partial charge in [0.15, 0.2) is 0 Å². The molecule has 0 unspecified atom stereocenters. The summed E-state index contributed by atoms with van der Waals surface area (Å²) in [5.74, 6) is -0.522. The molecular weight excluding hydrogens is 276 g/mol. The van der Waals surface area contributed by atoms with Crippen LogP contribution in [0.4, 0.5) is 0 Å². The number of carbonyl (C=O) groups excluding carboxylic acids is 1. The number of primary amides is 1. The maximum atomic E-state index is 11.2. The molecule has 0 bridgehead atoms. The first-order valence-electron chi connectivity index (χ1n) is 7.36. The highest BCUT2D eigenvalue weighted by Gasteiger charge is 2.59. The van der Waals surface area contributed by atoms with Gasteiger partial charge in [0.25, 0.3) is 0 Å². The molecule has 1 aliphatic rings. The fourth-order valence-corrected chi connectivity index (χ4v) is 2.61. The van der Waals surface area contributed by atoms with E-state index in [1.54, 1.807) is 12.2 Å². The average molecular weight is 296 g/mol. The van der Waals surface area contributed by atoms with Gasteiger partial charge in [0.1, 0.15) is 5.60 Å². The highest BCUT2D eigenvalue weighted by molar-refractivity contribution is 5.87. The summed E-state index contributed by atoms with van der Waals surface area (Å²) in [5, 5.41) is 20.7. The third-order valence-corrected chi connectivity index (χ3v) is 4.18. The van der Waals surface area contributed by atoms with E-state index in [1.807, 2.05) is 37.3 Å². The van der Waals surface area contributed by atoms with Gasteiger partial charge in [-0.1, -0.05) is 43.3 Å². The zero-order chi connectivity index (χ0) is 16.2. The van der Waals surface area contributed by atoms with Crippen LogP contribution in [0.1, 0.15) is 31.7 Å². The second-order valence-corrected chi connectivity index (χ2v) is 5.63. The van der Waals surface area contributed by atoms with Crippen molar-refractivity contribution in [3.8, 4) is 6.07 Å². The summed E-state index contributed by atoms with van der Waals surface area (Å²) in [6, 6.07) is 11.4. The molecule has 1 fully saturated rings. The number of carbonyl (C=O) groups is 1. The number of aliphatic hydroxyl groups is 1. The average Bonchev–Trinajstić information content (AvgIpc) is 3.33. The van der Waals surface area contributed by atoms with Crippen LogP contribution < -0.4 is 5.73 Å². The molecule has 0 aliphatic heterocycles. The lowest BCUT2D eigenvalue weighted by atomic mass is 9.78. The Morgan fingerprint density at radius 1 is 1.45 bits per heavy atom. The molecule has 4 heteroatoms. The van der Waals surface area contributed by atoms with Gasteiger partial charge in [-0.25, -0.2) is 0 Å². The Labute approximate surface area is 130 Å². The summed E-state index contributed by atoms with van der Waals surface area (Å²) in [7, 11) is 0. The first-order valence-corrected chi connectivity index (χ1v) is 7.36. The number of rotatable bonds is 6. The summed E-state index contributed by atoms with van der Waals surface area (Å²) < 4.78 is 0. The molecule has 1 aromatic rings. The Bertz CT molecular complexity index is 651. The smallest absolute Gasteiger partial charge is 0.241 e. The summed E-state index contributed by atoms with van der Waals surface area (Å²) in [4.78, 5) is 11.0. The van der Waals surface area contributed by atoms with Crippen molar-refractivity contribution in [3.05, 3.63) is 59.7 Å². The summed E-state index contributed by atoms with van der Waals surface area (Å²) >= 11 is 0. The normalized spacial score (nSPS) is 19.4. The third-order valence-electron chi connectivity index (χ3n) is 4.18. The number of hydrogen-bond donors (Lipinski definition) is 2.